The number of carbonyl (C=O) groups is 6. The molecule has 6 amide bonds. The summed E-state index contributed by atoms with van der Waals surface area (Å²) in [7, 11) is 0. The molecule has 6 aromatic rings. The van der Waals surface area contributed by atoms with E-state index in [1.165, 1.54) is 24.3 Å². The van der Waals surface area contributed by atoms with Gasteiger partial charge < -0.3 is 57.2 Å². The lowest BCUT2D eigenvalue weighted by atomic mass is 9.90. The van der Waals surface area contributed by atoms with Crippen molar-refractivity contribution in [1.82, 2.24) is 31.9 Å². The molecule has 0 aromatic heterocycles. The van der Waals surface area contributed by atoms with Crippen LogP contribution in [0, 0.1) is 0 Å². The Balaban J connectivity index is 0.856. The van der Waals surface area contributed by atoms with E-state index in [1.807, 2.05) is 121 Å². The van der Waals surface area contributed by atoms with Gasteiger partial charge in [-0.15, -0.1) is 0 Å². The second-order valence-corrected chi connectivity index (χ2v) is 19.0. The van der Waals surface area contributed by atoms with E-state index in [0.717, 1.165) is 33.4 Å². The van der Waals surface area contributed by atoms with E-state index in [2.05, 4.69) is 41.9 Å². The molecule has 0 saturated carbocycles. The SMILES string of the molecule is NC(=NCCC[C@@H](NC(=O)C(c1ccccc1)c1ccccc1)C(=O)NCc1ccc(O)cc1)NC(=O)COCCOCCOCC(=O)NC(N)=NCCC[C@@H](NC(=O)C(c1ccccc1)c1ccccc1)C(=O)NCc1ccc(O)cc1. The Morgan fingerprint density at radius 3 is 1.06 bits per heavy atom. The highest BCUT2D eigenvalue weighted by molar-refractivity contribution is 5.97. The maximum absolute atomic E-state index is 14.0. The first-order valence-corrected chi connectivity index (χ1v) is 27.2. The third-order valence-corrected chi connectivity index (χ3v) is 12.7. The summed E-state index contributed by atoms with van der Waals surface area (Å²) < 4.78 is 16.2. The monoisotopic (exact) mass is 1130 g/mol. The van der Waals surface area contributed by atoms with Gasteiger partial charge in [0.25, 0.3) is 11.8 Å². The van der Waals surface area contributed by atoms with E-state index in [1.54, 1.807) is 24.3 Å². The molecule has 0 aliphatic heterocycles. The lowest BCUT2D eigenvalue weighted by molar-refractivity contribution is -0.129. The van der Waals surface area contributed by atoms with Gasteiger partial charge in [-0.3, -0.25) is 49.4 Å². The molecule has 0 heterocycles. The molecule has 2 atom stereocenters. The van der Waals surface area contributed by atoms with E-state index >= 15 is 0 Å². The number of nitrogens with zero attached hydrogens (tertiary/aromatic N) is 2. The first kappa shape index (κ1) is 62.8. The van der Waals surface area contributed by atoms with Crippen molar-refractivity contribution in [2.45, 2.75) is 62.7 Å². The lowest BCUT2D eigenvalue weighted by Gasteiger charge is -2.23. The van der Waals surface area contributed by atoms with Crippen LogP contribution in [0.5, 0.6) is 11.5 Å². The molecule has 6 aromatic carbocycles. The summed E-state index contributed by atoms with van der Waals surface area (Å²) in [6, 6.07) is 48.1. The van der Waals surface area contributed by atoms with Gasteiger partial charge >= 0.3 is 0 Å². The normalized spacial score (nSPS) is 12.2. The molecule has 0 fully saturated rings. The minimum absolute atomic E-state index is 0.0642. The number of ether oxygens (including phenoxy) is 3. The van der Waals surface area contributed by atoms with Crippen LogP contribution >= 0.6 is 0 Å². The molecule has 0 aliphatic rings. The van der Waals surface area contributed by atoms with Crippen molar-refractivity contribution in [1.29, 1.82) is 0 Å². The van der Waals surface area contributed by atoms with Crippen molar-refractivity contribution < 1.29 is 53.2 Å². The van der Waals surface area contributed by atoms with E-state index in [4.69, 9.17) is 25.7 Å². The Morgan fingerprint density at radius 2 is 0.735 bits per heavy atom. The van der Waals surface area contributed by atoms with Crippen LogP contribution in [0.25, 0.3) is 0 Å². The number of benzene rings is 6. The summed E-state index contributed by atoms with van der Waals surface area (Å²) in [5, 5.41) is 35.9. The van der Waals surface area contributed by atoms with E-state index in [9.17, 15) is 39.0 Å². The number of carbonyl (C=O) groups excluding carboxylic acids is 6. The van der Waals surface area contributed by atoms with Crippen molar-refractivity contribution >= 4 is 47.4 Å². The smallest absolute Gasteiger partial charge is 0.252 e. The van der Waals surface area contributed by atoms with Crippen LogP contribution in [0.3, 0.4) is 0 Å². The van der Waals surface area contributed by atoms with E-state index in [-0.39, 0.29) is 114 Å². The van der Waals surface area contributed by atoms with Gasteiger partial charge in [-0.2, -0.15) is 0 Å². The van der Waals surface area contributed by atoms with Crippen LogP contribution < -0.4 is 43.4 Å². The Morgan fingerprint density at radius 1 is 0.422 bits per heavy atom. The Labute approximate surface area is 482 Å². The van der Waals surface area contributed by atoms with Gasteiger partial charge in [0.1, 0.15) is 36.8 Å². The molecule has 12 N–H and O–H groups in total. The average Bonchev–Trinajstić information content (AvgIpc) is 3.61. The predicted octanol–water partition coefficient (Wildman–Crippen LogP) is 4.14. The number of nitrogens with one attached hydrogen (secondary N) is 6. The minimum Gasteiger partial charge on any atom is -0.508 e. The number of nitrogens with two attached hydrogens (primary N) is 2. The standard InChI is InChI=1S/C62H72N10O11/c63-61(65-33-13-23-51(57(77)67-39-43-25-29-49(73)30-26-43)69-59(79)55(45-15-5-1-6-16-45)46-17-7-2-8-18-46)71-53(75)41-82-37-35-81-36-38-83-42-54(76)72-62(64)66-34-14-24-52(58(78)68-40-44-27-31-50(74)32-28-44)70-60(80)56(47-19-9-3-10-20-47)48-21-11-4-12-22-48/h1-12,15-22,25-32,51-52,55-56,73-74H,13-14,23-24,33-42H2,(H,67,77)(H,68,78)(H,69,79)(H,70,80)(H3,63,65,71,75)(H3,64,66,72,76)/t51-,52-/m1/s1. The van der Waals surface area contributed by atoms with Gasteiger partial charge in [0.15, 0.2) is 11.9 Å². The molecule has 0 unspecified atom stereocenters. The molecular formula is C62H72N10O11. The number of aliphatic imine (C=N–C) groups is 2. The van der Waals surface area contributed by atoms with Gasteiger partial charge in [0.05, 0.1) is 38.3 Å². The summed E-state index contributed by atoms with van der Waals surface area (Å²) >= 11 is 0. The number of phenolic OH excluding ortho intramolecular Hbond substituents is 2. The fourth-order valence-electron chi connectivity index (χ4n) is 8.57. The number of aromatic hydroxyl groups is 2. The Bertz CT molecular complexity index is 2750. The van der Waals surface area contributed by atoms with Crippen LogP contribution in [0.15, 0.2) is 180 Å². The maximum atomic E-state index is 14.0. The molecule has 0 saturated heterocycles. The highest BCUT2D eigenvalue weighted by Crippen LogP contribution is 2.27. The zero-order valence-corrected chi connectivity index (χ0v) is 46.0. The molecule has 0 bridgehead atoms. The van der Waals surface area contributed by atoms with Crippen LogP contribution in [-0.2, 0) is 56.1 Å². The van der Waals surface area contributed by atoms with Crippen LogP contribution in [0.2, 0.25) is 0 Å². The molecule has 6 rings (SSSR count). The van der Waals surface area contributed by atoms with E-state index < -0.39 is 47.5 Å². The second-order valence-electron chi connectivity index (χ2n) is 19.0. The Hall–Kier alpha value is -9.44. The van der Waals surface area contributed by atoms with Crippen molar-refractivity contribution in [3.05, 3.63) is 203 Å². The highest BCUT2D eigenvalue weighted by atomic mass is 16.5. The van der Waals surface area contributed by atoms with E-state index in [0.29, 0.717) is 12.8 Å². The van der Waals surface area contributed by atoms with Gasteiger partial charge in [0, 0.05) is 26.2 Å². The van der Waals surface area contributed by atoms with Crippen LogP contribution in [-0.4, -0.2) is 122 Å². The van der Waals surface area contributed by atoms with Gasteiger partial charge in [-0.1, -0.05) is 146 Å². The zero-order chi connectivity index (χ0) is 59.0. The van der Waals surface area contributed by atoms with Gasteiger partial charge in [-0.05, 0) is 83.3 Å². The Kier molecular flexibility index (Phi) is 26.2. The summed E-state index contributed by atoms with van der Waals surface area (Å²) in [5.74, 6) is -4.10. The average molecular weight is 1130 g/mol. The van der Waals surface area contributed by atoms with Crippen LogP contribution in [0.1, 0.15) is 70.9 Å². The number of hydrogen-bond acceptors (Lipinski definition) is 13. The summed E-state index contributed by atoms with van der Waals surface area (Å²) in [6.45, 7) is 0.301. The fraction of sp³-hybridized carbons (Fsp3) is 0.290. The number of rotatable bonds is 32. The first-order valence-electron chi connectivity index (χ1n) is 27.2. The summed E-state index contributed by atoms with van der Waals surface area (Å²) in [6.07, 6.45) is 1.06. The molecule has 0 aliphatic carbocycles. The van der Waals surface area contributed by atoms with Crippen LogP contribution in [0.4, 0.5) is 0 Å². The van der Waals surface area contributed by atoms with Gasteiger partial charge in [-0.25, -0.2) is 0 Å². The molecule has 21 nitrogen and oxygen atoms in total. The maximum Gasteiger partial charge on any atom is 0.252 e. The molecular weight excluding hydrogens is 1060 g/mol. The second kappa shape index (κ2) is 34.6. The third-order valence-electron chi connectivity index (χ3n) is 12.7. The highest BCUT2D eigenvalue weighted by Gasteiger charge is 2.29. The summed E-state index contributed by atoms with van der Waals surface area (Å²) in [5.41, 5.74) is 16.5. The minimum atomic E-state index is -0.935. The fourth-order valence-corrected chi connectivity index (χ4v) is 8.57. The van der Waals surface area contributed by atoms with Gasteiger partial charge in [0.2, 0.25) is 23.6 Å². The largest absolute Gasteiger partial charge is 0.508 e. The number of guanidine groups is 2. The zero-order valence-electron chi connectivity index (χ0n) is 46.0. The molecule has 21 heteroatoms. The van der Waals surface area contributed by atoms with Crippen molar-refractivity contribution in [2.75, 3.05) is 52.7 Å². The number of phenols is 2. The molecule has 436 valence electrons. The summed E-state index contributed by atoms with van der Waals surface area (Å²) in [4.78, 5) is 88.5. The molecule has 0 radical (unpaired) electrons. The predicted molar refractivity (Wildman–Crippen MR) is 313 cm³/mol. The molecule has 83 heavy (non-hydrogen) atoms. The lowest BCUT2D eigenvalue weighted by Crippen LogP contribution is -2.48. The quantitative estimate of drug-likeness (QED) is 0.0162. The molecule has 0 spiro atoms. The van der Waals surface area contributed by atoms with Crippen molar-refractivity contribution in [2.24, 2.45) is 21.5 Å². The number of amides is 6. The van der Waals surface area contributed by atoms with Crippen molar-refractivity contribution in [3.8, 4) is 11.5 Å². The topological polar surface area (TPSA) is 320 Å². The third kappa shape index (κ3) is 22.6. The number of hydrogen-bond donors (Lipinski definition) is 10. The first-order chi connectivity index (χ1) is 40.3. The van der Waals surface area contributed by atoms with Crippen molar-refractivity contribution in [3.63, 3.8) is 0 Å².